The quantitative estimate of drug-likeness (QED) is 0.568. The highest BCUT2D eigenvalue weighted by Crippen LogP contribution is 2.35. The number of nitrogens with one attached hydrogen (secondary N) is 2. The molecule has 10 heteroatoms. The van der Waals surface area contributed by atoms with Gasteiger partial charge in [0.05, 0.1) is 0 Å². The SMILES string of the molecule is CC(=O)NCCC1(S)OS(=O)(=O)OC1NC(C)=O. The van der Waals surface area contributed by atoms with Gasteiger partial charge in [0, 0.05) is 26.8 Å². The predicted molar refractivity (Wildman–Crippen MR) is 63.7 cm³/mol. The molecule has 0 aromatic carbocycles. The zero-order chi connectivity index (χ0) is 14.0. The van der Waals surface area contributed by atoms with E-state index < -0.39 is 27.5 Å². The zero-order valence-corrected chi connectivity index (χ0v) is 11.5. The van der Waals surface area contributed by atoms with Gasteiger partial charge in [-0.05, 0) is 0 Å². The molecule has 1 aliphatic heterocycles. The summed E-state index contributed by atoms with van der Waals surface area (Å²) in [4.78, 5) is 20.1. The summed E-state index contributed by atoms with van der Waals surface area (Å²) in [7, 11) is -4.20. The Kier molecular flexibility index (Phi) is 4.59. The lowest BCUT2D eigenvalue weighted by Gasteiger charge is -2.25. The van der Waals surface area contributed by atoms with Gasteiger partial charge in [0.15, 0.2) is 11.2 Å². The van der Waals surface area contributed by atoms with E-state index >= 15 is 0 Å². The third kappa shape index (κ3) is 4.12. The fraction of sp³-hybridized carbons (Fsp3) is 0.750. The molecule has 1 fully saturated rings. The molecule has 0 spiro atoms. The minimum absolute atomic E-state index is 0.0415. The second-order valence-corrected chi connectivity index (χ2v) is 5.68. The van der Waals surface area contributed by atoms with Gasteiger partial charge in [-0.25, -0.2) is 8.37 Å². The molecule has 104 valence electrons. The van der Waals surface area contributed by atoms with Gasteiger partial charge in [-0.3, -0.25) is 9.59 Å². The lowest BCUT2D eigenvalue weighted by atomic mass is 10.2. The predicted octanol–water partition coefficient (Wildman–Crippen LogP) is -1.11. The molecule has 0 radical (unpaired) electrons. The van der Waals surface area contributed by atoms with E-state index in [2.05, 4.69) is 31.6 Å². The Morgan fingerprint density at radius 2 is 1.94 bits per heavy atom. The fourth-order valence-corrected chi connectivity index (χ4v) is 2.92. The summed E-state index contributed by atoms with van der Waals surface area (Å²) in [6.45, 7) is 2.66. The Labute approximate surface area is 110 Å². The number of carbonyl (C=O) groups excluding carboxylic acids is 2. The van der Waals surface area contributed by atoms with Crippen LogP contribution in [0.3, 0.4) is 0 Å². The maximum absolute atomic E-state index is 11.2. The van der Waals surface area contributed by atoms with Crippen LogP contribution in [0.25, 0.3) is 0 Å². The number of hydrogen-bond donors (Lipinski definition) is 3. The van der Waals surface area contributed by atoms with Crippen LogP contribution in [0.1, 0.15) is 20.3 Å². The molecule has 2 N–H and O–H groups in total. The number of rotatable bonds is 4. The molecule has 1 saturated heterocycles. The third-order valence-corrected chi connectivity index (χ3v) is 3.66. The molecule has 2 unspecified atom stereocenters. The van der Waals surface area contributed by atoms with Gasteiger partial charge in [-0.2, -0.15) is 8.42 Å². The van der Waals surface area contributed by atoms with E-state index in [1.54, 1.807) is 0 Å². The van der Waals surface area contributed by atoms with Crippen molar-refractivity contribution in [3.63, 3.8) is 0 Å². The third-order valence-electron chi connectivity index (χ3n) is 2.06. The van der Waals surface area contributed by atoms with E-state index in [4.69, 9.17) is 0 Å². The molecular formula is C8H14N2O6S2. The summed E-state index contributed by atoms with van der Waals surface area (Å²) in [6, 6.07) is 0. The lowest BCUT2D eigenvalue weighted by molar-refractivity contribution is -0.122. The van der Waals surface area contributed by atoms with Crippen molar-refractivity contribution in [3.8, 4) is 0 Å². The first-order valence-electron chi connectivity index (χ1n) is 5.02. The second-order valence-electron chi connectivity index (χ2n) is 3.75. The number of amides is 2. The van der Waals surface area contributed by atoms with Crippen LogP contribution in [0.2, 0.25) is 0 Å². The van der Waals surface area contributed by atoms with Crippen LogP contribution in [0.4, 0.5) is 0 Å². The van der Waals surface area contributed by atoms with E-state index in [1.807, 2.05) is 0 Å². The molecule has 0 bridgehead atoms. The van der Waals surface area contributed by atoms with Crippen molar-refractivity contribution in [3.05, 3.63) is 0 Å². The molecule has 1 heterocycles. The summed E-state index contributed by atoms with van der Waals surface area (Å²) in [5.41, 5.74) is 0. The van der Waals surface area contributed by atoms with Crippen LogP contribution in [0, 0.1) is 0 Å². The smallest absolute Gasteiger partial charge is 0.356 e. The minimum Gasteiger partial charge on any atom is -0.356 e. The Morgan fingerprint density at radius 1 is 1.33 bits per heavy atom. The van der Waals surface area contributed by atoms with Crippen LogP contribution < -0.4 is 10.6 Å². The van der Waals surface area contributed by atoms with Crippen LogP contribution in [0.5, 0.6) is 0 Å². The highest BCUT2D eigenvalue weighted by Gasteiger charge is 2.51. The first kappa shape index (κ1) is 15.2. The first-order valence-corrected chi connectivity index (χ1v) is 6.80. The van der Waals surface area contributed by atoms with Gasteiger partial charge in [0.25, 0.3) is 0 Å². The van der Waals surface area contributed by atoms with Crippen molar-refractivity contribution < 1.29 is 26.4 Å². The molecule has 0 aromatic rings. The lowest BCUT2D eigenvalue weighted by Crippen LogP contribution is -2.48. The van der Waals surface area contributed by atoms with E-state index in [0.717, 1.165) is 0 Å². The van der Waals surface area contributed by atoms with Crippen LogP contribution in [-0.4, -0.2) is 37.9 Å². The van der Waals surface area contributed by atoms with Gasteiger partial charge >= 0.3 is 10.4 Å². The van der Waals surface area contributed by atoms with Crippen molar-refractivity contribution in [2.24, 2.45) is 0 Å². The van der Waals surface area contributed by atoms with Crippen LogP contribution >= 0.6 is 12.6 Å². The maximum Gasteiger partial charge on any atom is 0.403 e. The average molecular weight is 298 g/mol. The monoisotopic (exact) mass is 298 g/mol. The van der Waals surface area contributed by atoms with E-state index in [0.29, 0.717) is 0 Å². The zero-order valence-electron chi connectivity index (χ0n) is 9.80. The van der Waals surface area contributed by atoms with Crippen LogP contribution in [-0.2, 0) is 28.4 Å². The summed E-state index contributed by atoms with van der Waals surface area (Å²) in [5, 5.41) is 4.74. The van der Waals surface area contributed by atoms with Crippen molar-refractivity contribution >= 4 is 34.8 Å². The largest absolute Gasteiger partial charge is 0.403 e. The summed E-state index contributed by atoms with van der Waals surface area (Å²) < 4.78 is 31.6. The van der Waals surface area contributed by atoms with Crippen molar-refractivity contribution in [2.75, 3.05) is 6.54 Å². The van der Waals surface area contributed by atoms with Crippen LogP contribution in [0.15, 0.2) is 0 Å². The maximum atomic E-state index is 11.2. The molecule has 1 aliphatic rings. The molecule has 0 saturated carbocycles. The van der Waals surface area contributed by atoms with Crippen molar-refractivity contribution in [1.82, 2.24) is 10.6 Å². The van der Waals surface area contributed by atoms with E-state index in [-0.39, 0.29) is 18.9 Å². The molecule has 0 aliphatic carbocycles. The Balaban J connectivity index is 2.74. The summed E-state index contributed by atoms with van der Waals surface area (Å²) in [6.07, 6.45) is -1.20. The van der Waals surface area contributed by atoms with Gasteiger partial charge in [0.2, 0.25) is 11.8 Å². The minimum atomic E-state index is -4.20. The molecule has 8 nitrogen and oxygen atoms in total. The highest BCUT2D eigenvalue weighted by molar-refractivity contribution is 7.85. The van der Waals surface area contributed by atoms with Gasteiger partial charge in [-0.15, -0.1) is 12.6 Å². The molecule has 2 amide bonds. The fourth-order valence-electron chi connectivity index (χ4n) is 1.34. The van der Waals surface area contributed by atoms with E-state index in [9.17, 15) is 18.0 Å². The number of thiol groups is 1. The van der Waals surface area contributed by atoms with Gasteiger partial charge in [-0.1, -0.05) is 0 Å². The van der Waals surface area contributed by atoms with Gasteiger partial charge < -0.3 is 10.6 Å². The first-order chi connectivity index (χ1) is 8.15. The number of carbonyl (C=O) groups is 2. The normalized spacial score (nSPS) is 29.8. The number of hydrogen-bond acceptors (Lipinski definition) is 7. The standard InChI is InChI=1S/C8H14N2O6S2/c1-5(11)9-4-3-8(17)7(10-6(2)12)15-18(13,14)16-8/h7,17H,3-4H2,1-2H3,(H,9,11)(H,10,12). The molecule has 2 atom stereocenters. The second kappa shape index (κ2) is 5.43. The van der Waals surface area contributed by atoms with Crippen molar-refractivity contribution in [2.45, 2.75) is 31.4 Å². The van der Waals surface area contributed by atoms with Gasteiger partial charge in [0.1, 0.15) is 0 Å². The molecular weight excluding hydrogens is 284 g/mol. The average Bonchev–Trinajstić information content (AvgIpc) is 2.34. The highest BCUT2D eigenvalue weighted by atomic mass is 32.3. The topological polar surface area (TPSA) is 111 Å². The van der Waals surface area contributed by atoms with Crippen molar-refractivity contribution in [1.29, 1.82) is 0 Å². The van der Waals surface area contributed by atoms with E-state index in [1.165, 1.54) is 13.8 Å². The molecule has 1 rings (SSSR count). The Morgan fingerprint density at radius 3 is 2.44 bits per heavy atom. The molecule has 0 aromatic heterocycles. The molecule has 18 heavy (non-hydrogen) atoms. The Hall–Kier alpha value is -0.840. The summed E-state index contributed by atoms with van der Waals surface area (Å²) in [5.74, 6) is -0.761. The summed E-state index contributed by atoms with van der Waals surface area (Å²) >= 11 is 4.07. The Bertz CT molecular complexity index is 451.